The van der Waals surface area contributed by atoms with Crippen LogP contribution in [-0.4, -0.2) is 28.6 Å². The summed E-state index contributed by atoms with van der Waals surface area (Å²) in [6, 6.07) is 0. The zero-order chi connectivity index (χ0) is 20.4. The number of carboxylic acid groups (broad SMARTS) is 1. The highest BCUT2D eigenvalue weighted by molar-refractivity contribution is 5.86. The van der Waals surface area contributed by atoms with E-state index in [4.69, 9.17) is 5.11 Å². The number of carboxylic acids is 1. The van der Waals surface area contributed by atoms with E-state index in [9.17, 15) is 23.2 Å². The minimum absolute atomic E-state index is 0.0277. The number of rotatable bonds is 14. The molecule has 1 aliphatic carbocycles. The summed E-state index contributed by atoms with van der Waals surface area (Å²) in [5.74, 6) is -5.15. The van der Waals surface area contributed by atoms with Crippen molar-refractivity contribution in [1.82, 2.24) is 0 Å². The second kappa shape index (κ2) is 11.5. The lowest BCUT2D eigenvalue weighted by molar-refractivity contribution is -0.146. The van der Waals surface area contributed by atoms with Crippen molar-refractivity contribution in [3.8, 4) is 0 Å². The van der Waals surface area contributed by atoms with Crippen LogP contribution in [0.1, 0.15) is 90.9 Å². The molecule has 0 aromatic rings. The van der Waals surface area contributed by atoms with E-state index in [0.717, 1.165) is 19.3 Å². The predicted molar refractivity (Wildman–Crippen MR) is 99.8 cm³/mol. The molecule has 0 aliphatic heterocycles. The summed E-state index contributed by atoms with van der Waals surface area (Å²) in [7, 11) is 0. The van der Waals surface area contributed by atoms with Crippen molar-refractivity contribution in [1.29, 1.82) is 0 Å². The number of alkyl halides is 2. The van der Waals surface area contributed by atoms with Gasteiger partial charge in [0, 0.05) is 31.6 Å². The first-order valence-corrected chi connectivity index (χ1v) is 10.3. The van der Waals surface area contributed by atoms with Crippen molar-refractivity contribution in [2.75, 3.05) is 0 Å². The number of hydrogen-bond acceptors (Lipinski definition) is 3. The quantitative estimate of drug-likeness (QED) is 0.403. The van der Waals surface area contributed by atoms with Crippen LogP contribution in [0.15, 0.2) is 0 Å². The molecule has 156 valence electrons. The summed E-state index contributed by atoms with van der Waals surface area (Å²) >= 11 is 0. The van der Waals surface area contributed by atoms with E-state index in [2.05, 4.69) is 0 Å². The van der Waals surface area contributed by atoms with Gasteiger partial charge in [0.15, 0.2) is 0 Å². The Labute approximate surface area is 161 Å². The number of carbonyl (C=O) groups is 3. The van der Waals surface area contributed by atoms with Gasteiger partial charge in [-0.2, -0.15) is 8.78 Å². The first-order valence-electron chi connectivity index (χ1n) is 10.3. The van der Waals surface area contributed by atoms with Crippen LogP contribution < -0.4 is 0 Å². The highest BCUT2D eigenvalue weighted by atomic mass is 19.3. The highest BCUT2D eigenvalue weighted by Gasteiger charge is 2.40. The molecule has 1 aliphatic rings. The summed E-state index contributed by atoms with van der Waals surface area (Å²) in [4.78, 5) is 34.5. The third-order valence-electron chi connectivity index (χ3n) is 5.85. The highest BCUT2D eigenvalue weighted by Crippen LogP contribution is 2.37. The van der Waals surface area contributed by atoms with Gasteiger partial charge < -0.3 is 5.11 Å². The molecule has 1 saturated carbocycles. The zero-order valence-electron chi connectivity index (χ0n) is 16.6. The summed E-state index contributed by atoms with van der Waals surface area (Å²) in [6.07, 6.45) is 5.64. The molecule has 1 rings (SSSR count). The van der Waals surface area contributed by atoms with Crippen molar-refractivity contribution in [2.45, 2.75) is 96.8 Å². The van der Waals surface area contributed by atoms with Gasteiger partial charge in [0.2, 0.25) is 5.78 Å². The second-order valence-corrected chi connectivity index (χ2v) is 8.10. The average Bonchev–Trinajstić information content (AvgIpc) is 2.95. The standard InChI is InChI=1S/C21H34F2O4/c1-3-15(2)14-21(22,23)19(25)13-11-16-10-12-18(24)17(16)8-6-4-5-7-9-20(26)27/h15-17H,3-14H2,1-2H3,(H,26,27)/t15-,16+,17?/m0/s1. The van der Waals surface area contributed by atoms with E-state index in [1.165, 1.54) is 0 Å². The Morgan fingerprint density at radius 2 is 1.81 bits per heavy atom. The molecule has 4 nitrogen and oxygen atoms in total. The molecule has 0 spiro atoms. The van der Waals surface area contributed by atoms with Gasteiger partial charge in [-0.05, 0) is 37.5 Å². The van der Waals surface area contributed by atoms with Gasteiger partial charge in [0.05, 0.1) is 0 Å². The number of ketones is 2. The fraction of sp³-hybridized carbons (Fsp3) is 0.857. The molecule has 0 amide bonds. The van der Waals surface area contributed by atoms with E-state index >= 15 is 0 Å². The van der Waals surface area contributed by atoms with Crippen molar-refractivity contribution in [2.24, 2.45) is 17.8 Å². The Hall–Kier alpha value is -1.33. The summed E-state index contributed by atoms with van der Waals surface area (Å²) in [6.45, 7) is 3.56. The molecular formula is C21H34F2O4. The van der Waals surface area contributed by atoms with Crippen LogP contribution in [0.4, 0.5) is 8.78 Å². The molecule has 0 heterocycles. The first kappa shape index (κ1) is 23.7. The van der Waals surface area contributed by atoms with Gasteiger partial charge in [-0.3, -0.25) is 14.4 Å². The van der Waals surface area contributed by atoms with Crippen molar-refractivity contribution < 1.29 is 28.3 Å². The minimum atomic E-state index is -3.27. The normalized spacial score (nSPS) is 21.4. The first-order chi connectivity index (χ1) is 12.7. The monoisotopic (exact) mass is 388 g/mol. The maximum atomic E-state index is 14.0. The van der Waals surface area contributed by atoms with Gasteiger partial charge >= 0.3 is 11.9 Å². The molecule has 0 aromatic heterocycles. The van der Waals surface area contributed by atoms with Crippen LogP contribution in [0.5, 0.6) is 0 Å². The van der Waals surface area contributed by atoms with Gasteiger partial charge in [0.1, 0.15) is 5.78 Å². The number of unbranched alkanes of at least 4 members (excludes halogenated alkanes) is 3. The molecule has 6 heteroatoms. The molecule has 0 saturated heterocycles. The summed E-state index contributed by atoms with van der Waals surface area (Å²) < 4.78 is 28.0. The lowest BCUT2D eigenvalue weighted by Gasteiger charge is -2.21. The van der Waals surface area contributed by atoms with E-state index in [1.807, 2.05) is 6.92 Å². The van der Waals surface area contributed by atoms with Crippen LogP contribution in [0.3, 0.4) is 0 Å². The summed E-state index contributed by atoms with van der Waals surface area (Å²) in [5.41, 5.74) is 0. The number of hydrogen-bond donors (Lipinski definition) is 1. The number of Topliss-reactive ketones (excluding diaryl/α,β-unsaturated/α-hetero) is 2. The molecule has 0 radical (unpaired) electrons. The molecule has 0 bridgehead atoms. The van der Waals surface area contributed by atoms with Gasteiger partial charge in [-0.25, -0.2) is 0 Å². The maximum absolute atomic E-state index is 14.0. The second-order valence-electron chi connectivity index (χ2n) is 8.10. The fourth-order valence-corrected chi connectivity index (χ4v) is 3.91. The van der Waals surface area contributed by atoms with Crippen molar-refractivity contribution in [3.63, 3.8) is 0 Å². The molecule has 0 aromatic carbocycles. The Balaban J connectivity index is 2.39. The Kier molecular flexibility index (Phi) is 10.1. The fourth-order valence-electron chi connectivity index (χ4n) is 3.91. The molecule has 3 atom stereocenters. The van der Waals surface area contributed by atoms with Crippen LogP contribution in [0.2, 0.25) is 0 Å². The SMILES string of the molecule is CC[C@H](C)CC(F)(F)C(=O)CC[C@H]1CCC(=O)C1CCCCCCC(=O)O. The summed E-state index contributed by atoms with van der Waals surface area (Å²) in [5, 5.41) is 8.61. The number of aliphatic carboxylic acids is 1. The van der Waals surface area contributed by atoms with Crippen molar-refractivity contribution in [3.05, 3.63) is 0 Å². The Morgan fingerprint density at radius 3 is 2.44 bits per heavy atom. The van der Waals surface area contributed by atoms with Crippen LogP contribution >= 0.6 is 0 Å². The van der Waals surface area contributed by atoms with Crippen molar-refractivity contribution >= 4 is 17.5 Å². The van der Waals surface area contributed by atoms with E-state index in [1.54, 1.807) is 6.92 Å². The molecule has 27 heavy (non-hydrogen) atoms. The van der Waals surface area contributed by atoms with Crippen LogP contribution in [0, 0.1) is 17.8 Å². The third kappa shape index (κ3) is 8.48. The molecule has 1 unspecified atom stereocenters. The van der Waals surface area contributed by atoms with Gasteiger partial charge in [-0.1, -0.05) is 39.5 Å². The van der Waals surface area contributed by atoms with Gasteiger partial charge in [-0.15, -0.1) is 0 Å². The molecular weight excluding hydrogens is 354 g/mol. The minimum Gasteiger partial charge on any atom is -0.481 e. The zero-order valence-corrected chi connectivity index (χ0v) is 16.6. The number of carbonyl (C=O) groups excluding carboxylic acids is 2. The maximum Gasteiger partial charge on any atom is 0.305 e. The lowest BCUT2D eigenvalue weighted by atomic mass is 9.85. The van der Waals surface area contributed by atoms with Crippen LogP contribution in [0.25, 0.3) is 0 Å². The Morgan fingerprint density at radius 1 is 1.15 bits per heavy atom. The van der Waals surface area contributed by atoms with E-state index in [0.29, 0.717) is 38.5 Å². The third-order valence-corrected chi connectivity index (χ3v) is 5.85. The molecule has 1 fully saturated rings. The van der Waals surface area contributed by atoms with Gasteiger partial charge in [0.25, 0.3) is 0 Å². The molecule has 1 N–H and O–H groups in total. The topological polar surface area (TPSA) is 71.4 Å². The predicted octanol–water partition coefficient (Wildman–Crippen LogP) is 5.43. The van der Waals surface area contributed by atoms with Crippen LogP contribution in [-0.2, 0) is 14.4 Å². The van der Waals surface area contributed by atoms with E-state index in [-0.39, 0.29) is 36.4 Å². The largest absolute Gasteiger partial charge is 0.481 e. The smallest absolute Gasteiger partial charge is 0.305 e. The lowest BCUT2D eigenvalue weighted by Crippen LogP contribution is -2.31. The van der Waals surface area contributed by atoms with E-state index < -0.39 is 24.1 Å². The Bertz CT molecular complexity index is 504. The number of halogens is 2. The average molecular weight is 388 g/mol.